The zero-order valence-electron chi connectivity index (χ0n) is 20.2. The van der Waals surface area contributed by atoms with Gasteiger partial charge in [-0.3, -0.25) is 9.59 Å². The summed E-state index contributed by atoms with van der Waals surface area (Å²) in [5.41, 5.74) is 0.448. The number of piperidine rings is 1. The van der Waals surface area contributed by atoms with E-state index in [2.05, 4.69) is 4.72 Å². The highest BCUT2D eigenvalue weighted by molar-refractivity contribution is 7.89. The summed E-state index contributed by atoms with van der Waals surface area (Å²) >= 11 is 12.5. The van der Waals surface area contributed by atoms with Gasteiger partial charge in [0.1, 0.15) is 0 Å². The van der Waals surface area contributed by atoms with Crippen LogP contribution in [0.5, 0.6) is 0 Å². The maximum atomic E-state index is 14.2. The van der Waals surface area contributed by atoms with Crippen LogP contribution < -0.4 is 4.72 Å². The quantitative estimate of drug-likeness (QED) is 0.462. The van der Waals surface area contributed by atoms with E-state index in [-0.39, 0.29) is 36.3 Å². The van der Waals surface area contributed by atoms with Crippen LogP contribution in [0.15, 0.2) is 48.5 Å². The Morgan fingerprint density at radius 1 is 1.14 bits per heavy atom. The fourth-order valence-electron chi connectivity index (χ4n) is 5.48. The molecular weight excluding hydrogens is 523 g/mol. The van der Waals surface area contributed by atoms with Crippen LogP contribution in [-0.4, -0.2) is 49.1 Å². The first-order valence-corrected chi connectivity index (χ1v) is 14.3. The Morgan fingerprint density at radius 2 is 1.81 bits per heavy atom. The molecule has 2 aromatic rings. The van der Waals surface area contributed by atoms with E-state index in [1.807, 2.05) is 30.3 Å². The minimum Gasteiger partial charge on any atom is -0.481 e. The summed E-state index contributed by atoms with van der Waals surface area (Å²) in [5.74, 6) is -1.97. The molecule has 2 fully saturated rings. The van der Waals surface area contributed by atoms with Gasteiger partial charge in [0.05, 0.1) is 29.7 Å². The van der Waals surface area contributed by atoms with Gasteiger partial charge < -0.3 is 10.0 Å². The molecule has 1 aliphatic heterocycles. The number of aliphatic carboxylic acids is 1. The molecule has 7 nitrogen and oxygen atoms in total. The van der Waals surface area contributed by atoms with Gasteiger partial charge in [-0.25, -0.2) is 13.1 Å². The Hall–Kier alpha value is -2.13. The van der Waals surface area contributed by atoms with Gasteiger partial charge in [-0.05, 0) is 67.6 Å². The van der Waals surface area contributed by atoms with Crippen molar-refractivity contribution in [2.75, 3.05) is 12.8 Å². The number of hydrogen-bond donors (Lipinski definition) is 2. The number of amides is 1. The van der Waals surface area contributed by atoms with Crippen molar-refractivity contribution in [1.82, 2.24) is 9.62 Å². The van der Waals surface area contributed by atoms with E-state index in [9.17, 15) is 23.1 Å². The number of carboxylic acids is 1. The van der Waals surface area contributed by atoms with Gasteiger partial charge in [-0.2, -0.15) is 0 Å². The van der Waals surface area contributed by atoms with Crippen molar-refractivity contribution in [3.05, 3.63) is 69.7 Å². The number of carbonyl (C=O) groups excluding carboxylic acids is 1. The van der Waals surface area contributed by atoms with Crippen LogP contribution in [0.3, 0.4) is 0 Å². The molecular formula is C26H30Cl2N2O5S. The number of carboxylic acid groups (broad SMARTS) is 1. The molecule has 4 rings (SSSR count). The molecule has 2 aliphatic rings. The molecule has 194 valence electrons. The SMILES string of the molecule is CNS(=O)(=O)CC(C1CC1)N1C(=O)[C@@](C)(CC(=O)O)C[C@H](c2cccc(Cl)c2)[C@H]1c1ccc(Cl)cc1. The summed E-state index contributed by atoms with van der Waals surface area (Å²) in [7, 11) is -2.30. The van der Waals surface area contributed by atoms with Crippen LogP contribution in [0.4, 0.5) is 0 Å². The van der Waals surface area contributed by atoms with Crippen molar-refractivity contribution >= 4 is 45.1 Å². The Balaban J connectivity index is 1.93. The van der Waals surface area contributed by atoms with E-state index in [1.165, 1.54) is 7.05 Å². The number of halogens is 2. The number of sulfonamides is 1. The van der Waals surface area contributed by atoms with Crippen LogP contribution in [0.25, 0.3) is 0 Å². The van der Waals surface area contributed by atoms with E-state index < -0.39 is 33.5 Å². The van der Waals surface area contributed by atoms with Gasteiger partial charge in [0.2, 0.25) is 15.9 Å². The highest BCUT2D eigenvalue weighted by atomic mass is 35.5. The highest BCUT2D eigenvalue weighted by Gasteiger charge is 2.55. The summed E-state index contributed by atoms with van der Waals surface area (Å²) in [6.45, 7) is 1.67. The summed E-state index contributed by atoms with van der Waals surface area (Å²) in [4.78, 5) is 27.8. The molecule has 1 aliphatic carbocycles. The average molecular weight is 554 g/mol. The number of benzene rings is 2. The van der Waals surface area contributed by atoms with Crippen molar-refractivity contribution in [3.8, 4) is 0 Å². The third-order valence-corrected chi connectivity index (χ3v) is 9.25. The van der Waals surface area contributed by atoms with E-state index in [0.29, 0.717) is 10.0 Å². The molecule has 10 heteroatoms. The Labute approximate surface area is 221 Å². The lowest BCUT2D eigenvalue weighted by molar-refractivity contribution is -0.160. The molecule has 1 saturated heterocycles. The van der Waals surface area contributed by atoms with Crippen LogP contribution in [0, 0.1) is 11.3 Å². The molecule has 0 aromatic heterocycles. The summed E-state index contributed by atoms with van der Waals surface area (Å²) in [6, 6.07) is 13.4. The lowest BCUT2D eigenvalue weighted by atomic mass is 9.67. The first-order chi connectivity index (χ1) is 16.9. The standard InChI is InChI=1S/C26H30Cl2N2O5S/c1-26(14-23(31)32)13-21(18-4-3-5-20(28)12-18)24(17-8-10-19(27)11-9-17)30(25(26)33)22(16-6-7-16)15-36(34,35)29-2/h3-5,8-12,16,21-22,24,29H,6-7,13-15H2,1-2H3,(H,31,32)/t21-,22?,24-,26-/m1/s1. The molecule has 0 radical (unpaired) electrons. The molecule has 2 aromatic carbocycles. The summed E-state index contributed by atoms with van der Waals surface area (Å²) < 4.78 is 27.9. The molecule has 2 N–H and O–H groups in total. The largest absolute Gasteiger partial charge is 0.481 e. The molecule has 1 heterocycles. The number of hydrogen-bond acceptors (Lipinski definition) is 4. The molecule has 1 amide bonds. The molecule has 0 bridgehead atoms. The molecule has 1 unspecified atom stereocenters. The second kappa shape index (κ2) is 10.3. The number of nitrogens with one attached hydrogen (secondary N) is 1. The van der Waals surface area contributed by atoms with Crippen molar-refractivity contribution in [3.63, 3.8) is 0 Å². The Bertz CT molecular complexity index is 1250. The summed E-state index contributed by atoms with van der Waals surface area (Å²) in [5, 5.41) is 10.8. The zero-order valence-corrected chi connectivity index (χ0v) is 22.5. The zero-order chi connectivity index (χ0) is 26.3. The fourth-order valence-corrected chi connectivity index (χ4v) is 6.85. The first-order valence-electron chi connectivity index (χ1n) is 11.9. The maximum Gasteiger partial charge on any atom is 0.304 e. The van der Waals surface area contributed by atoms with Gasteiger partial charge in [0, 0.05) is 16.0 Å². The third-order valence-electron chi connectivity index (χ3n) is 7.36. The van der Waals surface area contributed by atoms with Crippen molar-refractivity contribution in [2.24, 2.45) is 11.3 Å². The minimum atomic E-state index is -3.66. The number of likely N-dealkylation sites (tertiary alicyclic amines) is 1. The lowest BCUT2D eigenvalue weighted by Gasteiger charge is -2.52. The van der Waals surface area contributed by atoms with Gasteiger partial charge in [-0.1, -0.05) is 54.4 Å². The van der Waals surface area contributed by atoms with Gasteiger partial charge >= 0.3 is 5.97 Å². The summed E-state index contributed by atoms with van der Waals surface area (Å²) in [6.07, 6.45) is 1.53. The van der Waals surface area contributed by atoms with Crippen molar-refractivity contribution < 1.29 is 23.1 Å². The highest BCUT2D eigenvalue weighted by Crippen LogP contribution is 2.54. The molecule has 0 spiro atoms. The van der Waals surface area contributed by atoms with Crippen LogP contribution in [0.2, 0.25) is 10.0 Å². The minimum absolute atomic E-state index is 0.0130. The predicted molar refractivity (Wildman–Crippen MR) is 140 cm³/mol. The number of carbonyl (C=O) groups is 2. The van der Waals surface area contributed by atoms with E-state index in [4.69, 9.17) is 23.2 Å². The maximum absolute atomic E-state index is 14.2. The Morgan fingerprint density at radius 3 is 2.36 bits per heavy atom. The van der Waals surface area contributed by atoms with E-state index >= 15 is 0 Å². The van der Waals surface area contributed by atoms with E-state index in [0.717, 1.165) is 24.0 Å². The second-order valence-electron chi connectivity index (χ2n) is 10.1. The van der Waals surface area contributed by atoms with E-state index in [1.54, 1.807) is 30.0 Å². The van der Waals surface area contributed by atoms with Crippen molar-refractivity contribution in [2.45, 2.75) is 50.6 Å². The van der Waals surface area contributed by atoms with Crippen LogP contribution in [0.1, 0.15) is 55.7 Å². The number of rotatable bonds is 9. The monoisotopic (exact) mass is 552 g/mol. The third kappa shape index (κ3) is 5.72. The number of nitrogens with zero attached hydrogens (tertiary/aromatic N) is 1. The fraction of sp³-hybridized carbons (Fsp3) is 0.462. The normalized spacial score (nSPS) is 25.6. The van der Waals surface area contributed by atoms with Crippen molar-refractivity contribution in [1.29, 1.82) is 0 Å². The first kappa shape index (κ1) is 26.9. The van der Waals surface area contributed by atoms with Gasteiger partial charge in [0.25, 0.3) is 0 Å². The second-order valence-corrected chi connectivity index (χ2v) is 12.9. The lowest BCUT2D eigenvalue weighted by Crippen LogP contribution is -2.58. The van der Waals surface area contributed by atoms with Gasteiger partial charge in [0.15, 0.2) is 0 Å². The molecule has 36 heavy (non-hydrogen) atoms. The van der Waals surface area contributed by atoms with Crippen LogP contribution in [-0.2, 0) is 19.6 Å². The predicted octanol–water partition coefficient (Wildman–Crippen LogP) is 4.86. The molecule has 4 atom stereocenters. The Kier molecular flexibility index (Phi) is 7.72. The molecule has 1 saturated carbocycles. The average Bonchev–Trinajstić information content (AvgIpc) is 3.65. The van der Waals surface area contributed by atoms with Gasteiger partial charge in [-0.15, -0.1) is 0 Å². The topological polar surface area (TPSA) is 104 Å². The smallest absolute Gasteiger partial charge is 0.304 e. The van der Waals surface area contributed by atoms with Crippen LogP contribution >= 0.6 is 23.2 Å².